The van der Waals surface area contributed by atoms with Crippen LogP contribution in [0.1, 0.15) is 15.9 Å². The number of anilines is 1. The van der Waals surface area contributed by atoms with Crippen LogP contribution in [0.3, 0.4) is 0 Å². The maximum absolute atomic E-state index is 10.6. The van der Waals surface area contributed by atoms with Crippen molar-refractivity contribution in [3.63, 3.8) is 0 Å². The third-order valence-electron chi connectivity index (χ3n) is 2.20. The number of aromatic carboxylic acids is 1. The third kappa shape index (κ3) is 2.20. The molecule has 0 amide bonds. The van der Waals surface area contributed by atoms with Crippen molar-refractivity contribution in [3.05, 3.63) is 47.8 Å². The SMILES string of the molecule is Nc1cnn(Cc2ccc(C(=O)O)cc2)c1. The van der Waals surface area contributed by atoms with Crippen LogP contribution < -0.4 is 5.73 Å². The summed E-state index contributed by atoms with van der Waals surface area (Å²) in [6.07, 6.45) is 3.30. The lowest BCUT2D eigenvalue weighted by atomic mass is 10.1. The molecule has 0 aliphatic heterocycles. The van der Waals surface area contributed by atoms with E-state index in [1.807, 2.05) is 0 Å². The molecule has 2 rings (SSSR count). The Morgan fingerprint density at radius 3 is 2.56 bits per heavy atom. The van der Waals surface area contributed by atoms with E-state index in [4.69, 9.17) is 10.8 Å². The minimum absolute atomic E-state index is 0.281. The fourth-order valence-corrected chi connectivity index (χ4v) is 1.41. The van der Waals surface area contributed by atoms with Gasteiger partial charge >= 0.3 is 5.97 Å². The number of hydrogen-bond acceptors (Lipinski definition) is 3. The Balaban J connectivity index is 2.14. The first-order valence-corrected chi connectivity index (χ1v) is 4.75. The van der Waals surface area contributed by atoms with Crippen LogP contribution in [0, 0.1) is 0 Å². The van der Waals surface area contributed by atoms with E-state index in [0.717, 1.165) is 5.56 Å². The van der Waals surface area contributed by atoms with Crippen molar-refractivity contribution in [2.45, 2.75) is 6.54 Å². The summed E-state index contributed by atoms with van der Waals surface area (Å²) in [5.74, 6) is -0.921. The summed E-state index contributed by atoms with van der Waals surface area (Å²) in [4.78, 5) is 10.6. The van der Waals surface area contributed by atoms with Gasteiger partial charge in [0.25, 0.3) is 0 Å². The molecule has 0 spiro atoms. The van der Waals surface area contributed by atoms with Gasteiger partial charge in [-0.3, -0.25) is 4.68 Å². The highest BCUT2D eigenvalue weighted by Gasteiger charge is 2.02. The average molecular weight is 217 g/mol. The first kappa shape index (κ1) is 10.2. The molecule has 1 heterocycles. The van der Waals surface area contributed by atoms with E-state index in [-0.39, 0.29) is 5.56 Å². The lowest BCUT2D eigenvalue weighted by Crippen LogP contribution is -2.01. The number of aromatic nitrogens is 2. The zero-order valence-electron chi connectivity index (χ0n) is 8.50. The highest BCUT2D eigenvalue weighted by Crippen LogP contribution is 2.07. The number of nitrogens with two attached hydrogens (primary N) is 1. The molecular weight excluding hydrogens is 206 g/mol. The van der Waals surface area contributed by atoms with Crippen LogP contribution in [-0.2, 0) is 6.54 Å². The van der Waals surface area contributed by atoms with Gasteiger partial charge in [-0.25, -0.2) is 4.79 Å². The maximum atomic E-state index is 10.6. The summed E-state index contributed by atoms with van der Waals surface area (Å²) >= 11 is 0. The van der Waals surface area contributed by atoms with Crippen LogP contribution in [0.25, 0.3) is 0 Å². The molecule has 0 atom stereocenters. The van der Waals surface area contributed by atoms with Gasteiger partial charge in [0, 0.05) is 6.20 Å². The molecule has 0 fully saturated rings. The molecule has 0 unspecified atom stereocenters. The van der Waals surface area contributed by atoms with Crippen molar-refractivity contribution >= 4 is 11.7 Å². The summed E-state index contributed by atoms with van der Waals surface area (Å²) in [6.45, 7) is 0.580. The normalized spacial score (nSPS) is 10.2. The number of carboxylic acids is 1. The van der Waals surface area contributed by atoms with Crippen LogP contribution in [0.2, 0.25) is 0 Å². The van der Waals surface area contributed by atoms with Gasteiger partial charge < -0.3 is 10.8 Å². The Hall–Kier alpha value is -2.30. The van der Waals surface area contributed by atoms with Crippen molar-refractivity contribution in [1.29, 1.82) is 0 Å². The monoisotopic (exact) mass is 217 g/mol. The second-order valence-electron chi connectivity index (χ2n) is 3.47. The molecule has 2 aromatic rings. The van der Waals surface area contributed by atoms with Crippen molar-refractivity contribution in [3.8, 4) is 0 Å². The summed E-state index contributed by atoms with van der Waals surface area (Å²) in [6, 6.07) is 6.68. The molecule has 16 heavy (non-hydrogen) atoms. The van der Waals surface area contributed by atoms with Gasteiger partial charge in [0.2, 0.25) is 0 Å². The molecule has 0 aliphatic rings. The smallest absolute Gasteiger partial charge is 0.335 e. The number of carboxylic acid groups (broad SMARTS) is 1. The number of nitrogens with zero attached hydrogens (tertiary/aromatic N) is 2. The fraction of sp³-hybridized carbons (Fsp3) is 0.0909. The van der Waals surface area contributed by atoms with Crippen LogP contribution in [-0.4, -0.2) is 20.9 Å². The van der Waals surface area contributed by atoms with Crippen molar-refractivity contribution in [2.24, 2.45) is 0 Å². The van der Waals surface area contributed by atoms with Gasteiger partial charge in [-0.1, -0.05) is 12.1 Å². The van der Waals surface area contributed by atoms with Gasteiger partial charge in [0.05, 0.1) is 24.0 Å². The van der Waals surface area contributed by atoms with Crippen molar-refractivity contribution in [1.82, 2.24) is 9.78 Å². The molecule has 5 nitrogen and oxygen atoms in total. The number of hydrogen-bond donors (Lipinski definition) is 2. The Morgan fingerprint density at radius 1 is 1.38 bits per heavy atom. The van der Waals surface area contributed by atoms with Gasteiger partial charge in [0.15, 0.2) is 0 Å². The minimum atomic E-state index is -0.921. The summed E-state index contributed by atoms with van der Waals surface area (Å²) in [7, 11) is 0. The molecule has 0 aliphatic carbocycles. The van der Waals surface area contributed by atoms with Crippen LogP contribution in [0.15, 0.2) is 36.7 Å². The quantitative estimate of drug-likeness (QED) is 0.809. The summed E-state index contributed by atoms with van der Waals surface area (Å²) < 4.78 is 1.70. The van der Waals surface area contributed by atoms with E-state index in [1.165, 1.54) is 0 Å². The second-order valence-corrected chi connectivity index (χ2v) is 3.47. The molecule has 0 radical (unpaired) electrons. The number of nitrogen functional groups attached to an aromatic ring is 1. The molecule has 1 aromatic heterocycles. The lowest BCUT2D eigenvalue weighted by molar-refractivity contribution is 0.0697. The molecule has 82 valence electrons. The molecule has 1 aromatic carbocycles. The van der Waals surface area contributed by atoms with Crippen molar-refractivity contribution < 1.29 is 9.90 Å². The van der Waals surface area contributed by atoms with E-state index >= 15 is 0 Å². The minimum Gasteiger partial charge on any atom is -0.478 e. The Morgan fingerprint density at radius 2 is 2.06 bits per heavy atom. The van der Waals surface area contributed by atoms with Gasteiger partial charge in [-0.15, -0.1) is 0 Å². The summed E-state index contributed by atoms with van der Waals surface area (Å²) in [5, 5.41) is 12.8. The van der Waals surface area contributed by atoms with E-state index in [1.54, 1.807) is 41.3 Å². The first-order valence-electron chi connectivity index (χ1n) is 4.75. The lowest BCUT2D eigenvalue weighted by Gasteiger charge is -2.02. The van der Waals surface area contributed by atoms with Crippen LogP contribution >= 0.6 is 0 Å². The fourth-order valence-electron chi connectivity index (χ4n) is 1.41. The highest BCUT2D eigenvalue weighted by molar-refractivity contribution is 5.87. The molecule has 5 heteroatoms. The maximum Gasteiger partial charge on any atom is 0.335 e. The zero-order valence-corrected chi connectivity index (χ0v) is 8.50. The van der Waals surface area contributed by atoms with E-state index < -0.39 is 5.97 Å². The number of rotatable bonds is 3. The molecule has 0 bridgehead atoms. The number of benzene rings is 1. The third-order valence-corrected chi connectivity index (χ3v) is 2.20. The van der Waals surface area contributed by atoms with Gasteiger partial charge in [-0.05, 0) is 17.7 Å². The molecule has 0 saturated heterocycles. The van der Waals surface area contributed by atoms with E-state index in [9.17, 15) is 4.79 Å². The van der Waals surface area contributed by atoms with Crippen molar-refractivity contribution in [2.75, 3.05) is 5.73 Å². The van der Waals surface area contributed by atoms with Gasteiger partial charge in [-0.2, -0.15) is 5.10 Å². The average Bonchev–Trinajstić information content (AvgIpc) is 2.65. The van der Waals surface area contributed by atoms with Crippen LogP contribution in [0.4, 0.5) is 5.69 Å². The Labute approximate surface area is 92.1 Å². The Kier molecular flexibility index (Phi) is 2.59. The van der Waals surface area contributed by atoms with Crippen LogP contribution in [0.5, 0.6) is 0 Å². The predicted octanol–water partition coefficient (Wildman–Crippen LogP) is 1.21. The largest absolute Gasteiger partial charge is 0.478 e. The standard InChI is InChI=1S/C11H11N3O2/c12-10-5-13-14(7-10)6-8-1-3-9(4-2-8)11(15)16/h1-5,7H,6,12H2,(H,15,16). The topological polar surface area (TPSA) is 81.1 Å². The second kappa shape index (κ2) is 4.06. The molecular formula is C11H11N3O2. The highest BCUT2D eigenvalue weighted by atomic mass is 16.4. The van der Waals surface area contributed by atoms with E-state index in [0.29, 0.717) is 12.2 Å². The molecule has 3 N–H and O–H groups in total. The first-order chi connectivity index (χ1) is 7.65. The predicted molar refractivity (Wildman–Crippen MR) is 59.1 cm³/mol. The number of carbonyl (C=O) groups is 1. The van der Waals surface area contributed by atoms with E-state index in [2.05, 4.69) is 5.10 Å². The molecule has 0 saturated carbocycles. The zero-order chi connectivity index (χ0) is 11.5. The van der Waals surface area contributed by atoms with Gasteiger partial charge in [0.1, 0.15) is 0 Å². The summed E-state index contributed by atoms with van der Waals surface area (Å²) in [5.41, 5.74) is 7.41. The Bertz CT molecular complexity index is 502.